The molecule has 10 nitrogen and oxygen atoms in total. The Morgan fingerprint density at radius 2 is 1.97 bits per heavy atom. The van der Waals surface area contributed by atoms with Crippen LogP contribution in [0.2, 0.25) is 0 Å². The summed E-state index contributed by atoms with van der Waals surface area (Å²) in [6.07, 6.45) is 1.08. The van der Waals surface area contributed by atoms with Crippen LogP contribution in [-0.4, -0.2) is 52.0 Å². The van der Waals surface area contributed by atoms with Crippen molar-refractivity contribution < 1.29 is 27.9 Å². The van der Waals surface area contributed by atoms with Crippen molar-refractivity contribution in [2.45, 2.75) is 12.5 Å². The molecule has 4 heterocycles. The summed E-state index contributed by atoms with van der Waals surface area (Å²) < 4.78 is 48.1. The molecule has 0 N–H and O–H groups in total. The predicted molar refractivity (Wildman–Crippen MR) is 102 cm³/mol. The number of hydrogen-bond donors (Lipinski definition) is 0. The number of pyridine rings is 1. The van der Waals surface area contributed by atoms with Crippen molar-refractivity contribution in [1.82, 2.24) is 14.3 Å². The number of benzene rings is 1. The van der Waals surface area contributed by atoms with Crippen molar-refractivity contribution in [3.63, 3.8) is 0 Å². The highest BCUT2D eigenvalue weighted by Crippen LogP contribution is 2.64. The van der Waals surface area contributed by atoms with E-state index in [9.17, 15) is 19.1 Å². The van der Waals surface area contributed by atoms with Crippen LogP contribution in [0, 0.1) is 16.1 Å². The Balaban J connectivity index is 1.51. The number of ether oxygens (including phenoxy) is 2. The van der Waals surface area contributed by atoms with E-state index in [1.807, 2.05) is 0 Å². The topological polar surface area (TPSA) is 107 Å². The fourth-order valence-electron chi connectivity index (χ4n) is 3.35. The third-order valence-electron chi connectivity index (χ3n) is 5.04. The van der Waals surface area contributed by atoms with Crippen LogP contribution >= 0.6 is 7.67 Å². The van der Waals surface area contributed by atoms with Gasteiger partial charge in [0.15, 0.2) is 5.75 Å². The van der Waals surface area contributed by atoms with E-state index in [4.69, 9.17) is 14.0 Å². The highest BCUT2D eigenvalue weighted by atomic mass is 31.2. The summed E-state index contributed by atoms with van der Waals surface area (Å²) in [4.78, 5) is 14.4. The van der Waals surface area contributed by atoms with E-state index in [1.165, 1.54) is 30.5 Å². The molecule has 2 saturated heterocycles. The zero-order chi connectivity index (χ0) is 20.9. The summed E-state index contributed by atoms with van der Waals surface area (Å²) in [5, 5.41) is 11.6. The molecule has 1 aromatic carbocycles. The first-order valence-corrected chi connectivity index (χ1v) is 11.0. The lowest BCUT2D eigenvalue weighted by Gasteiger charge is -2.30. The normalized spacial score (nSPS) is 20.9. The Morgan fingerprint density at radius 3 is 2.60 bits per heavy atom. The zero-order valence-corrected chi connectivity index (χ0v) is 16.7. The third-order valence-corrected chi connectivity index (χ3v) is 7.80. The average Bonchev–Trinajstić information content (AvgIpc) is 3.62. The largest absolute Gasteiger partial charge is 0.493 e. The average molecular weight is 436 g/mol. The molecule has 0 amide bonds. The Bertz CT molecular complexity index is 1040. The quantitative estimate of drug-likeness (QED) is 0.212. The van der Waals surface area contributed by atoms with Gasteiger partial charge in [-0.1, -0.05) is 0 Å². The molecule has 3 aliphatic rings. The van der Waals surface area contributed by atoms with Gasteiger partial charge in [-0.15, -0.1) is 0 Å². The summed E-state index contributed by atoms with van der Waals surface area (Å²) in [7, 11) is -3.12. The van der Waals surface area contributed by atoms with Crippen LogP contribution in [0.4, 0.5) is 10.1 Å². The van der Waals surface area contributed by atoms with Crippen molar-refractivity contribution >= 4 is 13.4 Å². The molecule has 158 valence electrons. The van der Waals surface area contributed by atoms with Gasteiger partial charge in [0.25, 0.3) is 5.95 Å². The van der Waals surface area contributed by atoms with Crippen molar-refractivity contribution in [3.8, 4) is 17.2 Å². The number of rotatable bonds is 7. The first-order valence-electron chi connectivity index (χ1n) is 9.48. The first-order chi connectivity index (χ1) is 14.5. The molecule has 2 aromatic rings. The molecule has 0 radical (unpaired) electrons. The van der Waals surface area contributed by atoms with Gasteiger partial charge in [-0.25, -0.2) is 14.3 Å². The van der Waals surface area contributed by atoms with Gasteiger partial charge in [-0.05, 0) is 18.2 Å². The summed E-state index contributed by atoms with van der Waals surface area (Å²) in [5.74, 6) is -1.03. The standard InChI is InChI=1S/C18H18FN4O6P/c19-18-15(2-1-4-20-18)28-17-10-12-14(3-9-27-16(12)11-13(17)23(24)25)29-30(26,21-5-6-21)22-7-8-22/h1-2,4,10-11,14H,3,5-9H2. The minimum absolute atomic E-state index is 0.168. The monoisotopic (exact) mass is 436 g/mol. The highest BCUT2D eigenvalue weighted by molar-refractivity contribution is 7.54. The molecular formula is C18H18FN4O6P. The molecule has 5 rings (SSSR count). The molecule has 12 heteroatoms. The van der Waals surface area contributed by atoms with Gasteiger partial charge < -0.3 is 9.47 Å². The SMILES string of the molecule is O=[N+]([O-])c1cc2c(cc1Oc1cccnc1F)C(OP(=O)(N1CC1)N1CC1)CCO2. The molecule has 1 aromatic heterocycles. The third kappa shape index (κ3) is 3.54. The summed E-state index contributed by atoms with van der Waals surface area (Å²) in [6, 6.07) is 5.42. The molecule has 0 spiro atoms. The van der Waals surface area contributed by atoms with E-state index >= 15 is 0 Å². The highest BCUT2D eigenvalue weighted by Gasteiger charge is 2.51. The smallest absolute Gasteiger partial charge is 0.346 e. The molecule has 0 saturated carbocycles. The number of nitro benzene ring substituents is 1. The van der Waals surface area contributed by atoms with E-state index in [0.717, 1.165) is 0 Å². The van der Waals surface area contributed by atoms with Crippen LogP contribution in [0.15, 0.2) is 30.5 Å². The van der Waals surface area contributed by atoms with Gasteiger partial charge in [0.05, 0.1) is 23.7 Å². The molecule has 3 aliphatic heterocycles. The van der Waals surface area contributed by atoms with Crippen LogP contribution in [0.1, 0.15) is 18.1 Å². The second-order valence-electron chi connectivity index (χ2n) is 7.14. The molecule has 30 heavy (non-hydrogen) atoms. The number of fused-ring (bicyclic) bond motifs is 1. The Hall–Kier alpha value is -2.59. The fourth-order valence-corrected chi connectivity index (χ4v) is 5.71. The van der Waals surface area contributed by atoms with Crippen LogP contribution in [0.5, 0.6) is 17.2 Å². The van der Waals surface area contributed by atoms with Gasteiger partial charge in [0.2, 0.25) is 5.75 Å². The Labute approximate surface area is 170 Å². The van der Waals surface area contributed by atoms with Crippen molar-refractivity contribution in [2.75, 3.05) is 32.8 Å². The lowest BCUT2D eigenvalue weighted by molar-refractivity contribution is -0.385. The summed E-state index contributed by atoms with van der Waals surface area (Å²) >= 11 is 0. The van der Waals surface area contributed by atoms with Crippen LogP contribution < -0.4 is 9.47 Å². The molecule has 0 aliphatic carbocycles. The summed E-state index contributed by atoms with van der Waals surface area (Å²) in [5.41, 5.74) is 0.104. The minimum Gasteiger partial charge on any atom is -0.493 e. The Morgan fingerprint density at radius 1 is 1.23 bits per heavy atom. The zero-order valence-electron chi connectivity index (χ0n) is 15.8. The summed E-state index contributed by atoms with van der Waals surface area (Å²) in [6.45, 7) is 3.10. The molecule has 2 fully saturated rings. The maximum Gasteiger partial charge on any atom is 0.346 e. The van der Waals surface area contributed by atoms with E-state index in [0.29, 0.717) is 38.2 Å². The number of hydrogen-bond acceptors (Lipinski definition) is 7. The number of halogens is 1. The van der Waals surface area contributed by atoms with Crippen LogP contribution in [0.25, 0.3) is 0 Å². The maximum atomic E-state index is 13.9. The van der Waals surface area contributed by atoms with Gasteiger partial charge in [0.1, 0.15) is 5.75 Å². The maximum absolute atomic E-state index is 13.9. The first kappa shape index (κ1) is 19.4. The van der Waals surface area contributed by atoms with Gasteiger partial charge >= 0.3 is 13.4 Å². The lowest BCUT2D eigenvalue weighted by Crippen LogP contribution is -2.19. The molecule has 1 atom stereocenters. The van der Waals surface area contributed by atoms with Gasteiger partial charge in [-0.3, -0.25) is 19.2 Å². The van der Waals surface area contributed by atoms with Gasteiger partial charge in [0, 0.05) is 44.4 Å². The van der Waals surface area contributed by atoms with E-state index in [1.54, 1.807) is 9.34 Å². The van der Waals surface area contributed by atoms with Crippen molar-refractivity contribution in [2.24, 2.45) is 0 Å². The van der Waals surface area contributed by atoms with Crippen molar-refractivity contribution in [3.05, 3.63) is 52.1 Å². The number of nitro groups is 1. The predicted octanol–water partition coefficient (Wildman–Crippen LogP) is 3.50. The van der Waals surface area contributed by atoms with Crippen LogP contribution in [0.3, 0.4) is 0 Å². The lowest BCUT2D eigenvalue weighted by atomic mass is 10.0. The van der Waals surface area contributed by atoms with E-state index in [2.05, 4.69) is 4.98 Å². The Kier molecular flexibility index (Phi) is 4.70. The molecule has 1 unspecified atom stereocenters. The second-order valence-corrected chi connectivity index (χ2v) is 9.46. The number of nitrogens with zero attached hydrogens (tertiary/aromatic N) is 4. The van der Waals surface area contributed by atoms with E-state index < -0.39 is 24.6 Å². The molecule has 0 bridgehead atoms. The fraction of sp³-hybridized carbons (Fsp3) is 0.389. The number of aromatic nitrogens is 1. The van der Waals surface area contributed by atoms with Crippen molar-refractivity contribution in [1.29, 1.82) is 0 Å². The molecular weight excluding hydrogens is 418 g/mol. The second kappa shape index (κ2) is 7.28. The minimum atomic E-state index is -3.12. The van der Waals surface area contributed by atoms with E-state index in [-0.39, 0.29) is 29.5 Å². The van der Waals surface area contributed by atoms with Crippen LogP contribution in [-0.2, 0) is 9.09 Å². The van der Waals surface area contributed by atoms with Gasteiger partial charge in [-0.2, -0.15) is 4.39 Å².